The van der Waals surface area contributed by atoms with E-state index in [0.717, 1.165) is 63.5 Å². The number of aliphatic hydroxyl groups excluding tert-OH is 2. The van der Waals surface area contributed by atoms with E-state index in [4.69, 9.17) is 37.9 Å². The molecule has 0 saturated carbocycles. The third kappa shape index (κ3) is 15.5. The molecule has 14 nitrogen and oxygen atoms in total. The number of rotatable bonds is 25. The Kier molecular flexibility index (Phi) is 21.7. The summed E-state index contributed by atoms with van der Waals surface area (Å²) in [7, 11) is 0. The molecular weight excluding hydrogens is 945 g/mol. The zero-order chi connectivity index (χ0) is 53.1. The van der Waals surface area contributed by atoms with Crippen LogP contribution in [0.4, 0.5) is 0 Å². The van der Waals surface area contributed by atoms with E-state index in [1.165, 1.54) is 71.1 Å². The van der Waals surface area contributed by atoms with Crippen molar-refractivity contribution in [1.82, 2.24) is 0 Å². The number of carboxylic acids is 1. The number of ether oxygens (including phenoxy) is 8. The number of hydrogen-bond donors (Lipinski definition) is 4. The highest BCUT2D eigenvalue weighted by atomic mass is 16.7. The molecule has 74 heavy (non-hydrogen) atoms. The fourth-order valence-electron chi connectivity index (χ4n) is 13.2. The van der Waals surface area contributed by atoms with Gasteiger partial charge in [0, 0.05) is 44.4 Å². The second-order valence-corrected chi connectivity index (χ2v) is 24.3. The molecule has 7 heterocycles. The number of aliphatic hydroxyl groups is 3. The van der Waals surface area contributed by atoms with Crippen LogP contribution in [0.5, 0.6) is 0 Å². The van der Waals surface area contributed by atoms with Crippen molar-refractivity contribution in [2.24, 2.45) is 17.8 Å². The van der Waals surface area contributed by atoms with Gasteiger partial charge in [-0.2, -0.15) is 0 Å². The number of carbonyl (C=O) groups is 2. The summed E-state index contributed by atoms with van der Waals surface area (Å²) in [6.07, 6.45) is 25.5. The average Bonchev–Trinajstić information content (AvgIpc) is 3.76. The average molecular weight is 1040 g/mol. The molecule has 0 aromatic carbocycles. The van der Waals surface area contributed by atoms with E-state index in [1.54, 1.807) is 0 Å². The summed E-state index contributed by atoms with van der Waals surface area (Å²) in [6, 6.07) is 0. The zero-order valence-electron chi connectivity index (χ0n) is 46.3. The minimum Gasteiger partial charge on any atom is -0.479 e. The summed E-state index contributed by atoms with van der Waals surface area (Å²) in [6.45, 7) is 16.9. The SMILES string of the molecule is C=C1C(O)C2OC3(CCC(C=CC(C)C4CC(C)=CC5(OC(CC(C)(O)C(=O)O)CCC5OC(=O)CCCCCCCCCCCCCCC)O4)O3)CCC2OC1C(O)CC(C)C1OC2(CCCCO2)CCC1C. The molecule has 17 unspecified atom stereocenters. The second kappa shape index (κ2) is 27.1. The van der Waals surface area contributed by atoms with Crippen LogP contribution in [0.3, 0.4) is 0 Å². The van der Waals surface area contributed by atoms with Crippen LogP contribution < -0.4 is 0 Å². The predicted molar refractivity (Wildman–Crippen MR) is 282 cm³/mol. The first kappa shape index (κ1) is 59.4. The molecule has 0 amide bonds. The normalized spacial score (nSPS) is 37.6. The van der Waals surface area contributed by atoms with Crippen molar-refractivity contribution in [3.63, 3.8) is 0 Å². The van der Waals surface area contributed by atoms with Gasteiger partial charge in [0.15, 0.2) is 23.3 Å². The lowest BCUT2D eigenvalue weighted by atomic mass is 9.79. The smallest absolute Gasteiger partial charge is 0.335 e. The maximum absolute atomic E-state index is 13.5. The molecule has 0 aliphatic carbocycles. The third-order valence-electron chi connectivity index (χ3n) is 17.7. The maximum Gasteiger partial charge on any atom is 0.335 e. The molecule has 7 rings (SSSR count). The number of hydrogen-bond acceptors (Lipinski definition) is 13. The van der Waals surface area contributed by atoms with Gasteiger partial charge in [0.25, 0.3) is 0 Å². The van der Waals surface area contributed by atoms with Crippen molar-refractivity contribution in [3.05, 3.63) is 36.0 Å². The van der Waals surface area contributed by atoms with Gasteiger partial charge in [-0.1, -0.05) is 129 Å². The van der Waals surface area contributed by atoms with Gasteiger partial charge in [0.2, 0.25) is 5.79 Å². The van der Waals surface area contributed by atoms with E-state index < -0.39 is 71.7 Å². The Morgan fingerprint density at radius 3 is 2.22 bits per heavy atom. The lowest BCUT2D eigenvalue weighted by Gasteiger charge is -2.50. The Morgan fingerprint density at radius 1 is 0.865 bits per heavy atom. The van der Waals surface area contributed by atoms with Crippen LogP contribution in [0.2, 0.25) is 0 Å². The van der Waals surface area contributed by atoms with Gasteiger partial charge in [-0.05, 0) is 102 Å². The van der Waals surface area contributed by atoms with E-state index in [1.807, 2.05) is 13.0 Å². The van der Waals surface area contributed by atoms with Gasteiger partial charge in [0.05, 0.1) is 43.2 Å². The first-order chi connectivity index (χ1) is 35.4. The van der Waals surface area contributed by atoms with Crippen LogP contribution in [0.25, 0.3) is 0 Å². The van der Waals surface area contributed by atoms with Crippen molar-refractivity contribution in [3.8, 4) is 0 Å². The molecule has 7 aliphatic rings. The summed E-state index contributed by atoms with van der Waals surface area (Å²) < 4.78 is 52.6. The topological polar surface area (TPSA) is 189 Å². The van der Waals surface area contributed by atoms with Gasteiger partial charge in [-0.3, -0.25) is 4.79 Å². The summed E-state index contributed by atoms with van der Waals surface area (Å²) >= 11 is 0. The molecule has 0 bridgehead atoms. The van der Waals surface area contributed by atoms with E-state index in [9.17, 15) is 30.0 Å². The number of esters is 1. The minimum absolute atomic E-state index is 0.0398. The van der Waals surface area contributed by atoms with E-state index in [0.29, 0.717) is 69.3 Å². The van der Waals surface area contributed by atoms with Crippen molar-refractivity contribution in [2.75, 3.05) is 6.61 Å². The second-order valence-electron chi connectivity index (χ2n) is 24.3. The molecule has 7 aliphatic heterocycles. The monoisotopic (exact) mass is 1040 g/mol. The molecule has 422 valence electrons. The zero-order valence-corrected chi connectivity index (χ0v) is 46.3. The van der Waals surface area contributed by atoms with Gasteiger partial charge in [-0.25, -0.2) is 4.79 Å². The van der Waals surface area contributed by atoms with Crippen LogP contribution in [-0.2, 0) is 47.5 Å². The number of unbranched alkanes of at least 4 members (excludes halogenated alkanes) is 12. The molecule has 0 aromatic rings. The number of carboxylic acid groups (broad SMARTS) is 1. The Morgan fingerprint density at radius 2 is 1.54 bits per heavy atom. The van der Waals surface area contributed by atoms with Crippen LogP contribution in [0, 0.1) is 17.8 Å². The Hall–Kier alpha value is -2.24. The lowest BCUT2D eigenvalue weighted by Crippen LogP contribution is -2.60. The first-order valence-electron chi connectivity index (χ1n) is 29.6. The number of fused-ring (bicyclic) bond motifs is 1. The summed E-state index contributed by atoms with van der Waals surface area (Å²) in [5.74, 6) is -4.24. The van der Waals surface area contributed by atoms with E-state index in [2.05, 4.69) is 46.4 Å². The first-order valence-corrected chi connectivity index (χ1v) is 29.6. The largest absolute Gasteiger partial charge is 0.479 e. The van der Waals surface area contributed by atoms with Gasteiger partial charge >= 0.3 is 11.9 Å². The van der Waals surface area contributed by atoms with Crippen LogP contribution >= 0.6 is 0 Å². The molecule has 3 spiro atoms. The van der Waals surface area contributed by atoms with Crippen molar-refractivity contribution in [2.45, 2.75) is 305 Å². The standard InChI is InChI=1S/C60H98O14/c1-8-9-10-11-12-13-14-15-16-17-18-19-20-23-51(62)69-50-27-26-46(39-57(7,66)56(64)65)71-60(50)38-40(2)36-49(72-60)41(3)24-25-45-29-33-59(70-45)34-30-48-55(74-59)52(63)44(6)54(68-48)47(61)37-43(5)53-42(4)28-32-58(73-53)31-21-22-35-67-58/h24-25,38,41-43,45-50,52-55,61,63,66H,6,8-23,26-37,39H2,1-5,7H3,(H,64,65). The molecule has 14 heteroatoms. The lowest BCUT2D eigenvalue weighted by molar-refractivity contribution is -0.322. The fraction of sp³-hybridized carbons (Fsp3) is 0.867. The molecule has 0 aromatic heterocycles. The molecule has 4 N–H and O–H groups in total. The van der Waals surface area contributed by atoms with E-state index in [-0.39, 0.29) is 42.5 Å². The fourth-order valence-corrected chi connectivity index (χ4v) is 13.2. The Balaban J connectivity index is 0.898. The molecule has 0 radical (unpaired) electrons. The Bertz CT molecular complexity index is 1860. The van der Waals surface area contributed by atoms with Crippen molar-refractivity contribution in [1.29, 1.82) is 0 Å². The molecule has 17 atom stereocenters. The van der Waals surface area contributed by atoms with E-state index >= 15 is 0 Å². The van der Waals surface area contributed by atoms with Crippen LogP contribution in [-0.4, -0.2) is 123 Å². The van der Waals surface area contributed by atoms with Gasteiger partial charge in [-0.15, -0.1) is 0 Å². The molecular formula is C60H98O14. The molecule has 6 fully saturated rings. The third-order valence-corrected chi connectivity index (χ3v) is 17.7. The molecule has 6 saturated heterocycles. The quantitative estimate of drug-likeness (QED) is 0.0384. The van der Waals surface area contributed by atoms with Gasteiger partial charge < -0.3 is 58.3 Å². The summed E-state index contributed by atoms with van der Waals surface area (Å²) in [4.78, 5) is 25.4. The van der Waals surface area contributed by atoms with Crippen LogP contribution in [0.1, 0.15) is 221 Å². The van der Waals surface area contributed by atoms with Crippen molar-refractivity contribution >= 4 is 11.9 Å². The minimum atomic E-state index is -2.01. The number of carbonyl (C=O) groups excluding carboxylic acids is 1. The highest BCUT2D eigenvalue weighted by molar-refractivity contribution is 5.76. The van der Waals surface area contributed by atoms with Gasteiger partial charge in [0.1, 0.15) is 18.3 Å². The summed E-state index contributed by atoms with van der Waals surface area (Å²) in [5, 5.41) is 43.9. The predicted octanol–water partition coefficient (Wildman–Crippen LogP) is 11.2. The Labute approximate surface area is 444 Å². The number of aliphatic carboxylic acids is 1. The van der Waals surface area contributed by atoms with Crippen LogP contribution in [0.15, 0.2) is 36.0 Å². The van der Waals surface area contributed by atoms with Crippen molar-refractivity contribution < 1.29 is 67.9 Å². The summed E-state index contributed by atoms with van der Waals surface area (Å²) in [5.41, 5.74) is -0.593. The highest BCUT2D eigenvalue weighted by Crippen LogP contribution is 2.48. The highest BCUT2D eigenvalue weighted by Gasteiger charge is 2.55. The maximum atomic E-state index is 13.5.